The summed E-state index contributed by atoms with van der Waals surface area (Å²) < 4.78 is 26.5. The van der Waals surface area contributed by atoms with E-state index < -0.39 is 24.9 Å². The monoisotopic (exact) mass is 380 g/mol. The highest BCUT2D eigenvalue weighted by atomic mass is 32.1. The van der Waals surface area contributed by atoms with Gasteiger partial charge in [0.2, 0.25) is 5.91 Å². The summed E-state index contributed by atoms with van der Waals surface area (Å²) in [6, 6.07) is 1.50. The highest BCUT2D eigenvalue weighted by molar-refractivity contribution is 7.16. The normalized spacial score (nSPS) is 27.2. The van der Waals surface area contributed by atoms with Gasteiger partial charge in [-0.1, -0.05) is 0 Å². The molecule has 8 heteroatoms. The fraction of sp³-hybridized carbons (Fsp3) is 0.667. The van der Waals surface area contributed by atoms with Crippen molar-refractivity contribution in [1.82, 2.24) is 10.6 Å². The number of hydrogen-bond acceptors (Lipinski definition) is 5. The summed E-state index contributed by atoms with van der Waals surface area (Å²) in [5.74, 6) is -3.15. The third kappa shape index (κ3) is 3.30. The summed E-state index contributed by atoms with van der Waals surface area (Å²) in [5.41, 5.74) is 2.01. The molecule has 5 nitrogen and oxygen atoms in total. The Hall–Kier alpha value is -1.72. The van der Waals surface area contributed by atoms with Gasteiger partial charge in [-0.2, -0.15) is 5.26 Å². The first-order valence-electron chi connectivity index (χ1n) is 9.18. The van der Waals surface area contributed by atoms with Crippen molar-refractivity contribution in [2.45, 2.75) is 56.5 Å². The van der Waals surface area contributed by atoms with Gasteiger partial charge in [-0.3, -0.25) is 10.1 Å². The van der Waals surface area contributed by atoms with Crippen molar-refractivity contribution in [2.75, 3.05) is 24.5 Å². The topological polar surface area (TPSA) is 68.2 Å². The number of nitrogens with zero attached hydrogens (tertiary/aromatic N) is 2. The van der Waals surface area contributed by atoms with Crippen LogP contribution in [0.25, 0.3) is 0 Å². The summed E-state index contributed by atoms with van der Waals surface area (Å²) in [6.07, 6.45) is 4.66. The molecule has 26 heavy (non-hydrogen) atoms. The van der Waals surface area contributed by atoms with E-state index in [1.54, 1.807) is 11.3 Å². The summed E-state index contributed by atoms with van der Waals surface area (Å²) in [4.78, 5) is 15.7. The third-order valence-electron chi connectivity index (χ3n) is 5.51. The van der Waals surface area contributed by atoms with Crippen LogP contribution in [0.5, 0.6) is 0 Å². The van der Waals surface area contributed by atoms with Crippen molar-refractivity contribution in [3.63, 3.8) is 0 Å². The number of aryl methyl sites for hydroxylation is 1. The molecule has 2 N–H and O–H groups in total. The van der Waals surface area contributed by atoms with E-state index in [-0.39, 0.29) is 11.9 Å². The first kappa shape index (κ1) is 17.7. The molecule has 0 spiro atoms. The van der Waals surface area contributed by atoms with Crippen LogP contribution in [-0.2, 0) is 17.6 Å². The Kier molecular flexibility index (Phi) is 4.61. The van der Waals surface area contributed by atoms with Gasteiger partial charge in [-0.15, -0.1) is 11.3 Å². The molecule has 0 saturated carbocycles. The van der Waals surface area contributed by atoms with E-state index in [1.165, 1.54) is 16.9 Å². The van der Waals surface area contributed by atoms with Crippen LogP contribution in [0.15, 0.2) is 0 Å². The second kappa shape index (κ2) is 6.78. The lowest BCUT2D eigenvalue weighted by Crippen LogP contribution is -2.46. The van der Waals surface area contributed by atoms with Crippen molar-refractivity contribution in [2.24, 2.45) is 0 Å². The van der Waals surface area contributed by atoms with Crippen molar-refractivity contribution in [3.8, 4) is 6.07 Å². The third-order valence-corrected chi connectivity index (χ3v) is 6.87. The van der Waals surface area contributed by atoms with Gasteiger partial charge in [0.1, 0.15) is 11.1 Å². The van der Waals surface area contributed by atoms with Crippen LogP contribution in [0.2, 0.25) is 0 Å². The van der Waals surface area contributed by atoms with E-state index in [9.17, 15) is 18.8 Å². The fourth-order valence-corrected chi connectivity index (χ4v) is 5.53. The van der Waals surface area contributed by atoms with Gasteiger partial charge in [0.15, 0.2) is 0 Å². The minimum absolute atomic E-state index is 0.0656. The highest BCUT2D eigenvalue weighted by Gasteiger charge is 2.43. The number of hydrogen-bond donors (Lipinski definition) is 2. The number of fused-ring (bicyclic) bond motifs is 1. The Morgan fingerprint density at radius 2 is 2.19 bits per heavy atom. The van der Waals surface area contributed by atoms with Crippen LogP contribution >= 0.6 is 11.3 Å². The van der Waals surface area contributed by atoms with Crippen molar-refractivity contribution >= 4 is 22.2 Å². The first-order valence-corrected chi connectivity index (χ1v) is 10.00. The molecule has 0 bridgehead atoms. The summed E-state index contributed by atoms with van der Waals surface area (Å²) in [6.45, 7) is 0.963. The Bertz CT molecular complexity index is 757. The van der Waals surface area contributed by atoms with Crippen LogP contribution in [0.3, 0.4) is 0 Å². The van der Waals surface area contributed by atoms with Crippen LogP contribution in [0.4, 0.5) is 13.8 Å². The number of carbonyl (C=O) groups excluding carboxylic acids is 1. The van der Waals surface area contributed by atoms with Gasteiger partial charge in [0, 0.05) is 30.4 Å². The molecule has 2 atom stereocenters. The van der Waals surface area contributed by atoms with E-state index in [4.69, 9.17) is 0 Å². The van der Waals surface area contributed by atoms with Crippen LogP contribution < -0.4 is 15.5 Å². The Balaban J connectivity index is 1.41. The molecule has 3 heterocycles. The number of carbonyl (C=O) groups is 1. The van der Waals surface area contributed by atoms with E-state index in [1.807, 2.05) is 0 Å². The van der Waals surface area contributed by atoms with E-state index in [0.717, 1.165) is 42.8 Å². The molecular weight excluding hydrogens is 358 g/mol. The SMILES string of the molecule is N#Cc1c(N2CC[C@H](NC(=O)[C@@H]3CC(F)(F)CN3)C2)sc2c1CCCC2. The maximum atomic E-state index is 13.3. The van der Waals surface area contributed by atoms with Crippen molar-refractivity contribution in [3.05, 3.63) is 16.0 Å². The molecule has 0 aromatic carbocycles. The summed E-state index contributed by atoms with van der Waals surface area (Å²) in [5, 5.41) is 16.1. The second-order valence-corrected chi connectivity index (χ2v) is 8.52. The summed E-state index contributed by atoms with van der Waals surface area (Å²) in [7, 11) is 0. The quantitative estimate of drug-likeness (QED) is 0.844. The predicted octanol–water partition coefficient (Wildman–Crippen LogP) is 2.19. The van der Waals surface area contributed by atoms with Crippen LogP contribution in [0.1, 0.15) is 41.7 Å². The van der Waals surface area contributed by atoms with E-state index in [2.05, 4.69) is 21.6 Å². The molecule has 2 aliphatic heterocycles. The number of nitrogens with one attached hydrogen (secondary N) is 2. The minimum Gasteiger partial charge on any atom is -0.360 e. The van der Waals surface area contributed by atoms with Gasteiger partial charge in [-0.25, -0.2) is 8.78 Å². The molecule has 4 rings (SSSR count). The standard InChI is InChI=1S/C18H22F2N4OS/c19-18(20)7-14(22-10-18)16(25)23-11-5-6-24(9-11)17-13(8-21)12-3-1-2-4-15(12)26-17/h11,14,22H,1-7,9-10H2,(H,23,25)/t11-,14-/m0/s1. The lowest BCUT2D eigenvalue weighted by Gasteiger charge is -2.19. The zero-order chi connectivity index (χ0) is 18.3. The lowest BCUT2D eigenvalue weighted by atomic mass is 9.96. The number of halogens is 2. The molecule has 1 aliphatic carbocycles. The summed E-state index contributed by atoms with van der Waals surface area (Å²) >= 11 is 1.71. The first-order chi connectivity index (χ1) is 12.5. The Morgan fingerprint density at radius 1 is 1.38 bits per heavy atom. The average Bonchev–Trinajstić information content (AvgIpc) is 3.30. The second-order valence-electron chi connectivity index (χ2n) is 7.44. The molecule has 2 saturated heterocycles. The molecule has 3 aliphatic rings. The number of amides is 1. The molecule has 1 aromatic rings. The van der Waals surface area contributed by atoms with Crippen LogP contribution in [0, 0.1) is 11.3 Å². The molecular formula is C18H22F2N4OS. The number of nitriles is 1. The number of thiophene rings is 1. The molecule has 140 valence electrons. The van der Waals surface area contributed by atoms with Gasteiger partial charge in [0.25, 0.3) is 5.92 Å². The largest absolute Gasteiger partial charge is 0.360 e. The Labute approximate surface area is 155 Å². The maximum Gasteiger partial charge on any atom is 0.262 e. The number of anilines is 1. The molecule has 0 unspecified atom stereocenters. The smallest absolute Gasteiger partial charge is 0.262 e. The lowest BCUT2D eigenvalue weighted by molar-refractivity contribution is -0.124. The van der Waals surface area contributed by atoms with E-state index in [0.29, 0.717) is 6.54 Å². The zero-order valence-electron chi connectivity index (χ0n) is 14.5. The molecule has 1 aromatic heterocycles. The number of rotatable bonds is 3. The van der Waals surface area contributed by atoms with E-state index >= 15 is 0 Å². The fourth-order valence-electron chi connectivity index (χ4n) is 4.15. The van der Waals surface area contributed by atoms with Gasteiger partial charge >= 0.3 is 0 Å². The Morgan fingerprint density at radius 3 is 2.92 bits per heavy atom. The van der Waals surface area contributed by atoms with Gasteiger partial charge in [-0.05, 0) is 37.7 Å². The molecule has 2 fully saturated rings. The van der Waals surface area contributed by atoms with Gasteiger partial charge < -0.3 is 10.2 Å². The minimum atomic E-state index is -2.80. The highest BCUT2D eigenvalue weighted by Crippen LogP contribution is 2.40. The average molecular weight is 380 g/mol. The number of alkyl halides is 2. The predicted molar refractivity (Wildman–Crippen MR) is 95.8 cm³/mol. The van der Waals surface area contributed by atoms with Crippen molar-refractivity contribution < 1.29 is 13.6 Å². The van der Waals surface area contributed by atoms with Gasteiger partial charge in [0.05, 0.1) is 18.2 Å². The molecule has 0 radical (unpaired) electrons. The van der Waals surface area contributed by atoms with Crippen LogP contribution in [-0.4, -0.2) is 43.5 Å². The zero-order valence-corrected chi connectivity index (χ0v) is 15.3. The molecule has 1 amide bonds. The van der Waals surface area contributed by atoms with Crippen molar-refractivity contribution in [1.29, 1.82) is 5.26 Å². The maximum absolute atomic E-state index is 13.3.